The van der Waals surface area contributed by atoms with Crippen LogP contribution in [0, 0.1) is 0 Å². The Kier molecular flexibility index (Phi) is 5.53. The predicted molar refractivity (Wildman–Crippen MR) is 102 cm³/mol. The fraction of sp³-hybridized carbons (Fsp3) is 0.429. The molecule has 0 unspecified atom stereocenters. The summed E-state index contributed by atoms with van der Waals surface area (Å²) in [5.74, 6) is 1.91. The predicted octanol–water partition coefficient (Wildman–Crippen LogP) is 2.48. The van der Waals surface area contributed by atoms with Gasteiger partial charge in [-0.05, 0) is 42.2 Å². The Morgan fingerprint density at radius 2 is 1.89 bits per heavy atom. The van der Waals surface area contributed by atoms with Crippen LogP contribution in [0.4, 0.5) is 0 Å². The van der Waals surface area contributed by atoms with E-state index in [1.165, 1.54) is 11.1 Å². The van der Waals surface area contributed by atoms with Crippen LogP contribution in [0.25, 0.3) is 0 Å². The number of piperazine rings is 1. The molecular formula is C21H25N3O3. The van der Waals surface area contributed by atoms with Crippen LogP contribution >= 0.6 is 0 Å². The van der Waals surface area contributed by atoms with Crippen LogP contribution < -0.4 is 9.47 Å². The van der Waals surface area contributed by atoms with Crippen molar-refractivity contribution in [2.45, 2.75) is 25.8 Å². The molecule has 0 bridgehead atoms. The zero-order valence-corrected chi connectivity index (χ0v) is 15.5. The molecule has 142 valence electrons. The number of carbonyl (C=O) groups is 1. The molecule has 1 aromatic heterocycles. The number of aryl methyl sites for hydroxylation is 1. The number of benzene rings is 1. The van der Waals surface area contributed by atoms with Crippen molar-refractivity contribution in [3.05, 3.63) is 53.9 Å². The van der Waals surface area contributed by atoms with Crippen LogP contribution in [0.3, 0.4) is 0 Å². The zero-order chi connectivity index (χ0) is 18.5. The van der Waals surface area contributed by atoms with E-state index in [-0.39, 0.29) is 5.91 Å². The van der Waals surface area contributed by atoms with Crippen LogP contribution in [0.15, 0.2) is 42.7 Å². The number of aromatic nitrogens is 1. The van der Waals surface area contributed by atoms with Gasteiger partial charge < -0.3 is 14.4 Å². The monoisotopic (exact) mass is 367 g/mol. The second kappa shape index (κ2) is 8.39. The third-order valence-corrected chi connectivity index (χ3v) is 5.15. The van der Waals surface area contributed by atoms with E-state index < -0.39 is 0 Å². The summed E-state index contributed by atoms with van der Waals surface area (Å²) in [4.78, 5) is 20.9. The lowest BCUT2D eigenvalue weighted by molar-refractivity contribution is -0.133. The van der Waals surface area contributed by atoms with Gasteiger partial charge in [-0.2, -0.15) is 0 Å². The molecule has 1 fully saturated rings. The van der Waals surface area contributed by atoms with Gasteiger partial charge in [0.15, 0.2) is 11.5 Å². The number of rotatable bonds is 6. The summed E-state index contributed by atoms with van der Waals surface area (Å²) in [7, 11) is 0. The SMILES string of the molecule is O=C(CCCc1cccnc1)N1CCN(Cc2ccc3c(c2)OCO3)CC1. The van der Waals surface area contributed by atoms with E-state index in [9.17, 15) is 4.79 Å². The lowest BCUT2D eigenvalue weighted by Gasteiger charge is -2.34. The van der Waals surface area contributed by atoms with Crippen LogP contribution in [0.2, 0.25) is 0 Å². The molecule has 4 rings (SSSR count). The summed E-state index contributed by atoms with van der Waals surface area (Å²) in [6, 6.07) is 10.1. The second-order valence-corrected chi connectivity index (χ2v) is 7.06. The number of carbonyl (C=O) groups excluding carboxylic acids is 1. The fourth-order valence-electron chi connectivity index (χ4n) is 3.60. The third-order valence-electron chi connectivity index (χ3n) is 5.15. The van der Waals surface area contributed by atoms with Gasteiger partial charge in [0, 0.05) is 51.5 Å². The van der Waals surface area contributed by atoms with E-state index in [2.05, 4.69) is 28.1 Å². The maximum Gasteiger partial charge on any atom is 0.231 e. The van der Waals surface area contributed by atoms with E-state index in [0.29, 0.717) is 13.2 Å². The highest BCUT2D eigenvalue weighted by atomic mass is 16.7. The van der Waals surface area contributed by atoms with Crippen molar-refractivity contribution in [2.75, 3.05) is 33.0 Å². The van der Waals surface area contributed by atoms with Crippen LogP contribution in [0.1, 0.15) is 24.0 Å². The third kappa shape index (κ3) is 4.57. The number of hydrogen-bond acceptors (Lipinski definition) is 5. The first-order chi connectivity index (χ1) is 13.3. The van der Waals surface area contributed by atoms with Gasteiger partial charge in [-0.1, -0.05) is 12.1 Å². The van der Waals surface area contributed by atoms with Crippen molar-refractivity contribution >= 4 is 5.91 Å². The molecule has 6 heteroatoms. The Hall–Kier alpha value is -2.60. The maximum absolute atomic E-state index is 12.4. The van der Waals surface area contributed by atoms with Crippen LogP contribution in [-0.4, -0.2) is 53.7 Å². The van der Waals surface area contributed by atoms with E-state index in [1.807, 2.05) is 23.2 Å². The van der Waals surface area contributed by atoms with Gasteiger partial charge in [-0.15, -0.1) is 0 Å². The molecule has 2 aliphatic heterocycles. The molecule has 1 aromatic carbocycles. The highest BCUT2D eigenvalue weighted by molar-refractivity contribution is 5.76. The van der Waals surface area contributed by atoms with Crippen LogP contribution in [0.5, 0.6) is 11.5 Å². The molecule has 2 aromatic rings. The van der Waals surface area contributed by atoms with Gasteiger partial charge >= 0.3 is 0 Å². The normalized spacial score (nSPS) is 16.5. The van der Waals surface area contributed by atoms with Gasteiger partial charge in [0.1, 0.15) is 0 Å². The second-order valence-electron chi connectivity index (χ2n) is 7.06. The molecule has 0 aliphatic carbocycles. The van der Waals surface area contributed by atoms with Gasteiger partial charge in [0.25, 0.3) is 0 Å². The largest absolute Gasteiger partial charge is 0.454 e. The number of fused-ring (bicyclic) bond motifs is 1. The summed E-state index contributed by atoms with van der Waals surface area (Å²) in [5.41, 5.74) is 2.41. The number of amides is 1. The van der Waals surface area contributed by atoms with Crippen molar-refractivity contribution in [1.29, 1.82) is 0 Å². The Morgan fingerprint density at radius 3 is 2.70 bits per heavy atom. The number of pyridine rings is 1. The zero-order valence-electron chi connectivity index (χ0n) is 15.5. The topological polar surface area (TPSA) is 54.9 Å². The van der Waals surface area contributed by atoms with E-state index in [1.54, 1.807) is 6.20 Å². The molecule has 0 spiro atoms. The molecule has 0 N–H and O–H groups in total. The Labute approximate surface area is 159 Å². The number of hydrogen-bond donors (Lipinski definition) is 0. The lowest BCUT2D eigenvalue weighted by atomic mass is 10.1. The van der Waals surface area contributed by atoms with E-state index in [4.69, 9.17) is 9.47 Å². The Balaban J connectivity index is 1.20. The Bertz CT molecular complexity index is 773. The minimum absolute atomic E-state index is 0.265. The highest BCUT2D eigenvalue weighted by Crippen LogP contribution is 2.32. The maximum atomic E-state index is 12.4. The summed E-state index contributed by atoms with van der Waals surface area (Å²) < 4.78 is 10.8. The van der Waals surface area contributed by atoms with Crippen molar-refractivity contribution in [1.82, 2.24) is 14.8 Å². The van der Waals surface area contributed by atoms with E-state index in [0.717, 1.165) is 57.1 Å². The molecule has 27 heavy (non-hydrogen) atoms. The van der Waals surface area contributed by atoms with E-state index >= 15 is 0 Å². The Morgan fingerprint density at radius 1 is 1.04 bits per heavy atom. The molecular weight excluding hydrogens is 342 g/mol. The number of ether oxygens (including phenoxy) is 2. The molecule has 1 saturated heterocycles. The standard InChI is InChI=1S/C21H25N3O3/c25-21(5-1-3-17-4-2-8-22-14-17)24-11-9-23(10-12-24)15-18-6-7-19-20(13-18)27-16-26-19/h2,4,6-8,13-14H,1,3,5,9-12,15-16H2. The summed E-state index contributed by atoms with van der Waals surface area (Å²) in [6.07, 6.45) is 6.04. The van der Waals surface area contributed by atoms with Crippen molar-refractivity contribution in [3.8, 4) is 11.5 Å². The molecule has 3 heterocycles. The van der Waals surface area contributed by atoms with Crippen molar-refractivity contribution < 1.29 is 14.3 Å². The number of nitrogens with zero attached hydrogens (tertiary/aromatic N) is 3. The fourth-order valence-corrected chi connectivity index (χ4v) is 3.60. The van der Waals surface area contributed by atoms with Gasteiger partial charge in [-0.25, -0.2) is 0 Å². The first kappa shape index (κ1) is 17.8. The minimum Gasteiger partial charge on any atom is -0.454 e. The van der Waals surface area contributed by atoms with Gasteiger partial charge in [-0.3, -0.25) is 14.7 Å². The summed E-state index contributed by atoms with van der Waals surface area (Å²) >= 11 is 0. The molecule has 2 aliphatic rings. The van der Waals surface area contributed by atoms with Crippen LogP contribution in [-0.2, 0) is 17.8 Å². The molecule has 0 atom stereocenters. The first-order valence-electron chi connectivity index (χ1n) is 9.55. The average molecular weight is 367 g/mol. The molecule has 0 saturated carbocycles. The summed E-state index contributed by atoms with van der Waals surface area (Å²) in [6.45, 7) is 4.60. The quantitative estimate of drug-likeness (QED) is 0.785. The summed E-state index contributed by atoms with van der Waals surface area (Å²) in [5, 5.41) is 0. The molecule has 0 radical (unpaired) electrons. The minimum atomic E-state index is 0.265. The highest BCUT2D eigenvalue weighted by Gasteiger charge is 2.21. The molecule has 6 nitrogen and oxygen atoms in total. The first-order valence-corrected chi connectivity index (χ1v) is 9.55. The average Bonchev–Trinajstić information content (AvgIpc) is 3.17. The van der Waals surface area contributed by atoms with Gasteiger partial charge in [0.05, 0.1) is 0 Å². The van der Waals surface area contributed by atoms with Gasteiger partial charge in [0.2, 0.25) is 12.7 Å². The smallest absolute Gasteiger partial charge is 0.231 e. The molecule has 1 amide bonds. The van der Waals surface area contributed by atoms with Crippen molar-refractivity contribution in [3.63, 3.8) is 0 Å². The lowest BCUT2D eigenvalue weighted by Crippen LogP contribution is -2.48. The van der Waals surface area contributed by atoms with Crippen molar-refractivity contribution in [2.24, 2.45) is 0 Å².